The van der Waals surface area contributed by atoms with Crippen LogP contribution in [0.15, 0.2) is 50.0 Å². The average molecular weight is 495 g/mol. The van der Waals surface area contributed by atoms with Crippen LogP contribution >= 0.6 is 27.3 Å². The number of nitrogens with zero attached hydrogens (tertiary/aromatic N) is 2. The largest absolute Gasteiger partial charge is 0.243 e. The molecule has 0 amide bonds. The van der Waals surface area contributed by atoms with Gasteiger partial charge in [0.05, 0.1) is 13.6 Å². The fraction of sp³-hybridized carbons (Fsp3) is 0.412. The van der Waals surface area contributed by atoms with E-state index >= 15 is 0 Å². The molecule has 1 heterocycles. The molecule has 150 valence electrons. The van der Waals surface area contributed by atoms with Crippen LogP contribution in [0.2, 0.25) is 0 Å². The number of benzene rings is 1. The van der Waals surface area contributed by atoms with Gasteiger partial charge in [-0.05, 0) is 52.3 Å². The number of halogens is 1. The SMILES string of the molecule is CCN(CC)S(=O)(=O)c1ccc(S(=O)(=O)N(CC)Cc2ccc(Br)s2)cc1. The van der Waals surface area contributed by atoms with Crippen LogP contribution in [0.3, 0.4) is 0 Å². The van der Waals surface area contributed by atoms with Crippen molar-refractivity contribution in [1.82, 2.24) is 8.61 Å². The summed E-state index contributed by atoms with van der Waals surface area (Å²) in [6.45, 7) is 6.62. The van der Waals surface area contributed by atoms with Crippen LogP contribution in [-0.4, -0.2) is 45.1 Å². The molecule has 0 aliphatic carbocycles. The predicted molar refractivity (Wildman–Crippen MR) is 112 cm³/mol. The minimum atomic E-state index is -3.72. The quantitative estimate of drug-likeness (QED) is 0.531. The number of hydrogen-bond acceptors (Lipinski definition) is 5. The third-order valence-corrected chi connectivity index (χ3v) is 9.73. The van der Waals surface area contributed by atoms with Crippen LogP contribution in [0.1, 0.15) is 25.6 Å². The molecule has 1 aromatic heterocycles. The minimum absolute atomic E-state index is 0.0819. The van der Waals surface area contributed by atoms with Crippen molar-refractivity contribution in [3.05, 3.63) is 45.1 Å². The summed E-state index contributed by atoms with van der Waals surface area (Å²) >= 11 is 4.86. The van der Waals surface area contributed by atoms with E-state index in [0.29, 0.717) is 19.6 Å². The molecule has 6 nitrogen and oxygen atoms in total. The average Bonchev–Trinajstić information content (AvgIpc) is 3.05. The minimum Gasteiger partial charge on any atom is -0.207 e. The lowest BCUT2D eigenvalue weighted by atomic mass is 10.4. The topological polar surface area (TPSA) is 74.8 Å². The zero-order valence-corrected chi connectivity index (χ0v) is 19.5. The Morgan fingerprint density at radius 3 is 1.59 bits per heavy atom. The molecule has 0 fully saturated rings. The van der Waals surface area contributed by atoms with Gasteiger partial charge >= 0.3 is 0 Å². The van der Waals surface area contributed by atoms with Gasteiger partial charge in [0.25, 0.3) is 0 Å². The summed E-state index contributed by atoms with van der Waals surface area (Å²) < 4.78 is 54.6. The van der Waals surface area contributed by atoms with Crippen molar-refractivity contribution in [2.24, 2.45) is 0 Å². The van der Waals surface area contributed by atoms with Crippen LogP contribution in [0.4, 0.5) is 0 Å². The van der Waals surface area contributed by atoms with Gasteiger partial charge in [-0.2, -0.15) is 8.61 Å². The lowest BCUT2D eigenvalue weighted by molar-refractivity contribution is 0.426. The molecule has 0 aliphatic rings. The zero-order chi connectivity index (χ0) is 20.2. The molecule has 0 saturated heterocycles. The van der Waals surface area contributed by atoms with Crippen molar-refractivity contribution in [1.29, 1.82) is 0 Å². The lowest BCUT2D eigenvalue weighted by Crippen LogP contribution is -2.31. The number of thiophene rings is 1. The first-order chi connectivity index (χ1) is 12.7. The number of rotatable bonds is 9. The monoisotopic (exact) mass is 494 g/mol. The van der Waals surface area contributed by atoms with E-state index in [2.05, 4.69) is 15.9 Å². The zero-order valence-electron chi connectivity index (χ0n) is 15.4. The molecule has 0 radical (unpaired) electrons. The Hall–Kier alpha value is -0.780. The molecule has 10 heteroatoms. The third kappa shape index (κ3) is 4.99. The smallest absolute Gasteiger partial charge is 0.207 e. The Morgan fingerprint density at radius 1 is 0.778 bits per heavy atom. The van der Waals surface area contributed by atoms with Crippen molar-refractivity contribution < 1.29 is 16.8 Å². The summed E-state index contributed by atoms with van der Waals surface area (Å²) in [5.74, 6) is 0. The van der Waals surface area contributed by atoms with Gasteiger partial charge in [-0.15, -0.1) is 11.3 Å². The highest BCUT2D eigenvalue weighted by Crippen LogP contribution is 2.26. The van der Waals surface area contributed by atoms with Gasteiger partial charge in [0.15, 0.2) is 0 Å². The molecule has 0 bridgehead atoms. The van der Waals surface area contributed by atoms with Crippen molar-refractivity contribution in [3.8, 4) is 0 Å². The molecule has 0 unspecified atom stereocenters. The normalized spacial score (nSPS) is 12.8. The van der Waals surface area contributed by atoms with Crippen molar-refractivity contribution in [2.75, 3.05) is 19.6 Å². The molecule has 0 atom stereocenters. The maximum absolute atomic E-state index is 12.9. The Balaban J connectivity index is 2.30. The van der Waals surface area contributed by atoms with E-state index in [-0.39, 0.29) is 16.3 Å². The first-order valence-corrected chi connectivity index (χ1v) is 13.0. The molecular weight excluding hydrogens is 472 g/mol. The summed E-state index contributed by atoms with van der Waals surface area (Å²) in [6.07, 6.45) is 0. The molecule has 2 aromatic rings. The van der Waals surface area contributed by atoms with E-state index < -0.39 is 20.0 Å². The van der Waals surface area contributed by atoms with E-state index in [4.69, 9.17) is 0 Å². The van der Waals surface area contributed by atoms with Crippen LogP contribution < -0.4 is 0 Å². The van der Waals surface area contributed by atoms with Gasteiger partial charge in [0, 0.05) is 31.1 Å². The molecule has 1 aromatic carbocycles. The van der Waals surface area contributed by atoms with Crippen molar-refractivity contribution in [3.63, 3.8) is 0 Å². The first kappa shape index (κ1) is 22.5. The van der Waals surface area contributed by atoms with E-state index in [9.17, 15) is 16.8 Å². The summed E-state index contributed by atoms with van der Waals surface area (Å²) in [4.78, 5) is 1.10. The summed E-state index contributed by atoms with van der Waals surface area (Å²) in [6, 6.07) is 9.20. The van der Waals surface area contributed by atoms with Crippen LogP contribution in [0.5, 0.6) is 0 Å². The summed E-state index contributed by atoms with van der Waals surface area (Å²) in [5.41, 5.74) is 0. The van der Waals surface area contributed by atoms with E-state index in [1.165, 1.54) is 44.2 Å². The second-order valence-corrected chi connectivity index (χ2v) is 12.1. The van der Waals surface area contributed by atoms with Gasteiger partial charge < -0.3 is 0 Å². The van der Waals surface area contributed by atoms with Gasteiger partial charge in [-0.1, -0.05) is 20.8 Å². The second-order valence-electron chi connectivity index (χ2n) is 5.70. The van der Waals surface area contributed by atoms with Gasteiger partial charge in [0.1, 0.15) is 0 Å². The fourth-order valence-electron chi connectivity index (χ4n) is 2.62. The standard InChI is InChI=1S/C17H23BrN2O4S3/c1-4-19(5-2)26(21,22)15-8-10-16(11-9-15)27(23,24)20(6-3)13-14-7-12-17(18)25-14/h7-12H,4-6,13H2,1-3H3. The highest BCUT2D eigenvalue weighted by atomic mass is 79.9. The van der Waals surface area contributed by atoms with E-state index in [1.54, 1.807) is 20.8 Å². The van der Waals surface area contributed by atoms with Crippen LogP contribution in [0, 0.1) is 0 Å². The Labute approximate surface area is 174 Å². The second kappa shape index (κ2) is 9.15. The van der Waals surface area contributed by atoms with Gasteiger partial charge in [0.2, 0.25) is 20.0 Å². The molecule has 0 spiro atoms. The molecular formula is C17H23BrN2O4S3. The highest BCUT2D eigenvalue weighted by molar-refractivity contribution is 9.11. The lowest BCUT2D eigenvalue weighted by Gasteiger charge is -2.21. The van der Waals surface area contributed by atoms with Gasteiger partial charge in [-0.3, -0.25) is 0 Å². The number of hydrogen-bond donors (Lipinski definition) is 0. The molecule has 0 aliphatic heterocycles. The predicted octanol–water partition coefficient (Wildman–Crippen LogP) is 3.75. The van der Waals surface area contributed by atoms with Crippen molar-refractivity contribution in [2.45, 2.75) is 37.1 Å². The maximum atomic E-state index is 12.9. The summed E-state index contributed by atoms with van der Waals surface area (Å²) in [5, 5.41) is 0. The maximum Gasteiger partial charge on any atom is 0.243 e. The Morgan fingerprint density at radius 2 is 1.22 bits per heavy atom. The van der Waals surface area contributed by atoms with Crippen LogP contribution in [-0.2, 0) is 26.6 Å². The third-order valence-electron chi connectivity index (χ3n) is 4.12. The molecule has 0 saturated carbocycles. The molecule has 0 N–H and O–H groups in total. The molecule has 27 heavy (non-hydrogen) atoms. The Bertz CT molecular complexity index is 966. The highest BCUT2D eigenvalue weighted by Gasteiger charge is 2.26. The van der Waals surface area contributed by atoms with Crippen molar-refractivity contribution >= 4 is 47.3 Å². The van der Waals surface area contributed by atoms with E-state index in [1.807, 2.05) is 12.1 Å². The van der Waals surface area contributed by atoms with E-state index in [0.717, 1.165) is 8.66 Å². The Kier molecular flexibility index (Phi) is 7.62. The van der Waals surface area contributed by atoms with Gasteiger partial charge in [-0.25, -0.2) is 16.8 Å². The number of sulfonamides is 2. The fourth-order valence-corrected chi connectivity index (χ4v) is 7.09. The van der Waals surface area contributed by atoms with Crippen LogP contribution in [0.25, 0.3) is 0 Å². The first-order valence-electron chi connectivity index (χ1n) is 8.51. The summed E-state index contributed by atoms with van der Waals surface area (Å²) in [7, 11) is -7.33. The molecule has 2 rings (SSSR count).